The third kappa shape index (κ3) is 58.1. The molecule has 0 aromatic carbocycles. The highest BCUT2D eigenvalue weighted by Gasteiger charge is 2.20. The van der Waals surface area contributed by atoms with E-state index in [-0.39, 0.29) is 18.5 Å². The molecule has 0 aromatic heterocycles. The molecule has 1 amide bonds. The second kappa shape index (κ2) is 62.4. The first-order valence-electron chi connectivity index (χ1n) is 33.3. The van der Waals surface area contributed by atoms with Crippen LogP contribution in [-0.4, -0.2) is 47.4 Å². The number of unbranched alkanes of at least 4 members (excludes halogenated alkanes) is 52. The number of nitrogens with one attached hydrogen (secondary N) is 1. The van der Waals surface area contributed by atoms with Crippen LogP contribution in [0.15, 0.2) is 0 Å². The Morgan fingerprint density at radius 2 is 0.569 bits per heavy atom. The molecule has 0 rings (SSSR count). The summed E-state index contributed by atoms with van der Waals surface area (Å²) in [5, 5.41) is 23.4. The van der Waals surface area contributed by atoms with Crippen LogP contribution in [0.2, 0.25) is 0 Å². The van der Waals surface area contributed by atoms with Gasteiger partial charge in [0.25, 0.3) is 0 Å². The summed E-state index contributed by atoms with van der Waals surface area (Å²) in [6, 6.07) is -0.553. The zero-order chi connectivity index (χ0) is 52.2. The normalized spacial score (nSPS) is 12.4. The van der Waals surface area contributed by atoms with Gasteiger partial charge in [-0.05, 0) is 25.7 Å². The molecule has 0 radical (unpaired) electrons. The molecule has 0 spiro atoms. The lowest BCUT2D eigenvalue weighted by molar-refractivity contribution is -0.143. The molecule has 0 aliphatic carbocycles. The molecule has 0 saturated carbocycles. The number of aliphatic hydroxyl groups excluding tert-OH is 2. The van der Waals surface area contributed by atoms with E-state index in [1.165, 1.54) is 295 Å². The zero-order valence-electron chi connectivity index (χ0n) is 49.2. The van der Waals surface area contributed by atoms with Gasteiger partial charge in [0.1, 0.15) is 0 Å². The molecule has 0 aliphatic rings. The van der Waals surface area contributed by atoms with Gasteiger partial charge in [0.15, 0.2) is 0 Å². The Bertz CT molecular complexity index is 1040. The smallest absolute Gasteiger partial charge is 0.305 e. The van der Waals surface area contributed by atoms with E-state index < -0.39 is 12.1 Å². The summed E-state index contributed by atoms with van der Waals surface area (Å²) in [5.74, 6) is -0.0470. The van der Waals surface area contributed by atoms with Crippen molar-refractivity contribution in [2.45, 2.75) is 398 Å². The first-order chi connectivity index (χ1) is 35.5. The fourth-order valence-electron chi connectivity index (χ4n) is 10.8. The summed E-state index contributed by atoms with van der Waals surface area (Å²) in [6.07, 6.45) is 74.1. The molecule has 6 heteroatoms. The number of aliphatic hydroxyl groups is 2. The standard InChI is InChI=1S/C66H131NO5/c1-3-5-7-9-11-13-15-17-19-21-23-24-25-26-27-29-30-32-34-38-42-46-50-54-58-64(69)63(62-68)67-65(70)59-55-51-47-43-39-36-37-41-45-49-53-57-61-72-66(71)60-56-52-48-44-40-35-33-31-28-22-20-18-16-14-12-10-8-6-4-2/h63-64,68-69H,3-62H2,1-2H3,(H,67,70). The first kappa shape index (κ1) is 70.9. The molecule has 6 nitrogen and oxygen atoms in total. The zero-order valence-corrected chi connectivity index (χ0v) is 49.2. The minimum atomic E-state index is -0.675. The van der Waals surface area contributed by atoms with Crippen LogP contribution in [0.4, 0.5) is 0 Å². The monoisotopic (exact) mass is 1020 g/mol. The molecule has 430 valence electrons. The molecule has 0 aliphatic heterocycles. The SMILES string of the molecule is CCCCCCCCCCCCCCCCCCCCCCCCCCC(O)C(CO)NC(=O)CCCCCCCCCCCCCCOC(=O)CCCCCCCCCCCCCCCCCCCCC. The second-order valence-corrected chi connectivity index (χ2v) is 23.2. The van der Waals surface area contributed by atoms with E-state index in [1.54, 1.807) is 0 Å². The van der Waals surface area contributed by atoms with Crippen LogP contribution in [0.3, 0.4) is 0 Å². The summed E-state index contributed by atoms with van der Waals surface area (Å²) in [4.78, 5) is 24.7. The number of carbonyl (C=O) groups excluding carboxylic acids is 2. The van der Waals surface area contributed by atoms with Gasteiger partial charge >= 0.3 is 5.97 Å². The minimum Gasteiger partial charge on any atom is -0.466 e. The molecule has 0 aromatic rings. The van der Waals surface area contributed by atoms with Crippen LogP contribution in [-0.2, 0) is 14.3 Å². The third-order valence-corrected chi connectivity index (χ3v) is 15.9. The van der Waals surface area contributed by atoms with Crippen LogP contribution in [0.5, 0.6) is 0 Å². The topological polar surface area (TPSA) is 95.9 Å². The van der Waals surface area contributed by atoms with Gasteiger partial charge in [-0.3, -0.25) is 9.59 Å². The summed E-state index contributed by atoms with van der Waals surface area (Å²) in [5.41, 5.74) is 0. The average molecular weight is 1020 g/mol. The maximum Gasteiger partial charge on any atom is 0.305 e. The summed E-state index contributed by atoms with van der Waals surface area (Å²) >= 11 is 0. The Labute approximate surface area is 451 Å². The summed E-state index contributed by atoms with van der Waals surface area (Å²) < 4.78 is 5.50. The van der Waals surface area contributed by atoms with Gasteiger partial charge in [0, 0.05) is 12.8 Å². The van der Waals surface area contributed by atoms with Crippen molar-refractivity contribution in [3.05, 3.63) is 0 Å². The maximum absolute atomic E-state index is 12.5. The molecule has 2 atom stereocenters. The highest BCUT2D eigenvalue weighted by Crippen LogP contribution is 2.19. The van der Waals surface area contributed by atoms with Gasteiger partial charge < -0.3 is 20.3 Å². The molecule has 2 unspecified atom stereocenters. The third-order valence-electron chi connectivity index (χ3n) is 15.9. The van der Waals surface area contributed by atoms with Crippen LogP contribution in [0, 0.1) is 0 Å². The van der Waals surface area contributed by atoms with Crippen molar-refractivity contribution in [2.24, 2.45) is 0 Å². The Morgan fingerprint density at radius 1 is 0.333 bits per heavy atom. The van der Waals surface area contributed by atoms with Gasteiger partial charge in [-0.15, -0.1) is 0 Å². The summed E-state index contributed by atoms with van der Waals surface area (Å²) in [7, 11) is 0. The fraction of sp³-hybridized carbons (Fsp3) is 0.970. The van der Waals surface area contributed by atoms with E-state index in [0.29, 0.717) is 25.9 Å². The van der Waals surface area contributed by atoms with Crippen LogP contribution in [0.25, 0.3) is 0 Å². The number of hydrogen-bond acceptors (Lipinski definition) is 5. The van der Waals surface area contributed by atoms with Crippen molar-refractivity contribution in [1.82, 2.24) is 5.32 Å². The quantitative estimate of drug-likeness (QED) is 0.0417. The molecular weight excluding hydrogens is 887 g/mol. The predicted molar refractivity (Wildman–Crippen MR) is 315 cm³/mol. The largest absolute Gasteiger partial charge is 0.466 e. The molecular formula is C66H131NO5. The number of amides is 1. The van der Waals surface area contributed by atoms with E-state index in [0.717, 1.165) is 57.8 Å². The Kier molecular flexibility index (Phi) is 61.4. The number of esters is 1. The Hall–Kier alpha value is -1.14. The minimum absolute atomic E-state index is 0.00243. The Balaban J connectivity index is 3.41. The van der Waals surface area contributed by atoms with Crippen LogP contribution < -0.4 is 5.32 Å². The van der Waals surface area contributed by atoms with Gasteiger partial charge in [-0.25, -0.2) is 0 Å². The lowest BCUT2D eigenvalue weighted by atomic mass is 10.0. The molecule has 0 heterocycles. The predicted octanol–water partition coefficient (Wildman–Crippen LogP) is 21.0. The van der Waals surface area contributed by atoms with Crippen LogP contribution in [0.1, 0.15) is 386 Å². The number of hydrogen-bond donors (Lipinski definition) is 3. The van der Waals surface area contributed by atoms with E-state index in [1.807, 2.05) is 0 Å². The van der Waals surface area contributed by atoms with Gasteiger partial charge in [0.05, 0.1) is 25.4 Å². The van der Waals surface area contributed by atoms with Crippen molar-refractivity contribution >= 4 is 11.9 Å². The molecule has 0 fully saturated rings. The number of ether oxygens (including phenoxy) is 1. The van der Waals surface area contributed by atoms with E-state index in [9.17, 15) is 19.8 Å². The van der Waals surface area contributed by atoms with Crippen molar-refractivity contribution in [3.8, 4) is 0 Å². The lowest BCUT2D eigenvalue weighted by Crippen LogP contribution is -2.45. The van der Waals surface area contributed by atoms with Gasteiger partial charge in [0.2, 0.25) is 5.91 Å². The lowest BCUT2D eigenvalue weighted by Gasteiger charge is -2.22. The van der Waals surface area contributed by atoms with E-state index in [2.05, 4.69) is 19.2 Å². The van der Waals surface area contributed by atoms with Gasteiger partial charge in [-0.2, -0.15) is 0 Å². The number of carbonyl (C=O) groups is 2. The van der Waals surface area contributed by atoms with Crippen molar-refractivity contribution in [1.29, 1.82) is 0 Å². The van der Waals surface area contributed by atoms with Crippen molar-refractivity contribution in [3.63, 3.8) is 0 Å². The number of rotatable bonds is 63. The molecule has 72 heavy (non-hydrogen) atoms. The highest BCUT2D eigenvalue weighted by molar-refractivity contribution is 5.76. The Morgan fingerprint density at radius 3 is 0.847 bits per heavy atom. The molecule has 0 saturated heterocycles. The second-order valence-electron chi connectivity index (χ2n) is 23.2. The summed E-state index contributed by atoms with van der Waals surface area (Å²) in [6.45, 7) is 4.97. The maximum atomic E-state index is 12.5. The van der Waals surface area contributed by atoms with Crippen LogP contribution >= 0.6 is 0 Å². The highest BCUT2D eigenvalue weighted by atomic mass is 16.5. The van der Waals surface area contributed by atoms with Crippen molar-refractivity contribution in [2.75, 3.05) is 13.2 Å². The first-order valence-corrected chi connectivity index (χ1v) is 33.3. The van der Waals surface area contributed by atoms with E-state index in [4.69, 9.17) is 4.74 Å². The fourth-order valence-corrected chi connectivity index (χ4v) is 10.8. The van der Waals surface area contributed by atoms with Gasteiger partial charge in [-0.1, -0.05) is 348 Å². The van der Waals surface area contributed by atoms with Crippen molar-refractivity contribution < 1.29 is 24.5 Å². The van der Waals surface area contributed by atoms with E-state index >= 15 is 0 Å². The molecule has 3 N–H and O–H groups in total. The molecule has 0 bridgehead atoms. The average Bonchev–Trinajstić information content (AvgIpc) is 3.38.